The number of piperidine rings is 1. The Balaban J connectivity index is 2.10. The Bertz CT molecular complexity index is 411. The Hall–Kier alpha value is -1.42. The Kier molecular flexibility index (Phi) is 1.79. The summed E-state index contributed by atoms with van der Waals surface area (Å²) in [4.78, 5) is 15.6. The van der Waals surface area contributed by atoms with Gasteiger partial charge in [0.15, 0.2) is 0 Å². The van der Waals surface area contributed by atoms with E-state index in [2.05, 4.69) is 10.3 Å². The van der Waals surface area contributed by atoms with Crippen LogP contribution in [0.1, 0.15) is 28.8 Å². The van der Waals surface area contributed by atoms with Crippen molar-refractivity contribution < 1.29 is 9.53 Å². The van der Waals surface area contributed by atoms with E-state index in [4.69, 9.17) is 4.74 Å². The van der Waals surface area contributed by atoms with Gasteiger partial charge in [0.2, 0.25) is 0 Å². The van der Waals surface area contributed by atoms with E-state index in [0.29, 0.717) is 5.56 Å². The first-order valence-electron chi connectivity index (χ1n) is 5.20. The molecule has 3 rings (SSSR count). The van der Waals surface area contributed by atoms with Crippen molar-refractivity contribution in [2.75, 3.05) is 13.1 Å². The molecule has 0 saturated carbocycles. The van der Waals surface area contributed by atoms with Crippen LogP contribution in [0.4, 0.5) is 0 Å². The van der Waals surface area contributed by atoms with Gasteiger partial charge >= 0.3 is 5.97 Å². The molecular formula is C11H12N2O2. The van der Waals surface area contributed by atoms with Crippen molar-refractivity contribution in [1.29, 1.82) is 0 Å². The fraction of sp³-hybridized carbons (Fsp3) is 0.455. The second kappa shape index (κ2) is 3.03. The molecule has 1 spiro atoms. The second-order valence-corrected chi connectivity index (χ2v) is 4.06. The van der Waals surface area contributed by atoms with E-state index in [-0.39, 0.29) is 11.6 Å². The van der Waals surface area contributed by atoms with Crippen LogP contribution in [0.5, 0.6) is 0 Å². The number of pyridine rings is 1. The van der Waals surface area contributed by atoms with E-state index in [1.54, 1.807) is 12.4 Å². The highest BCUT2D eigenvalue weighted by Gasteiger charge is 2.45. The standard InChI is InChI=1S/C11H12N2O2/c14-10-8-7-13-4-1-9(8)11(15-10)2-5-12-6-3-11/h1,4,7,12H,2-3,5-6H2. The lowest BCUT2D eigenvalue weighted by atomic mass is 9.85. The number of nitrogens with one attached hydrogen (secondary N) is 1. The minimum Gasteiger partial charge on any atom is -0.450 e. The van der Waals surface area contributed by atoms with Gasteiger partial charge in [-0.05, 0) is 19.2 Å². The van der Waals surface area contributed by atoms with E-state index < -0.39 is 0 Å². The van der Waals surface area contributed by atoms with Gasteiger partial charge in [-0.1, -0.05) is 0 Å². The molecular weight excluding hydrogens is 192 g/mol. The summed E-state index contributed by atoms with van der Waals surface area (Å²) in [6.45, 7) is 1.80. The molecule has 0 unspecified atom stereocenters. The summed E-state index contributed by atoms with van der Waals surface area (Å²) in [5.74, 6) is -0.222. The lowest BCUT2D eigenvalue weighted by molar-refractivity contribution is -0.0241. The van der Waals surface area contributed by atoms with E-state index in [1.165, 1.54) is 0 Å². The van der Waals surface area contributed by atoms with Gasteiger partial charge < -0.3 is 10.1 Å². The molecule has 2 aliphatic heterocycles. The van der Waals surface area contributed by atoms with Crippen LogP contribution in [0.25, 0.3) is 0 Å². The first-order valence-corrected chi connectivity index (χ1v) is 5.20. The zero-order chi connectivity index (χ0) is 10.3. The maximum absolute atomic E-state index is 11.7. The van der Waals surface area contributed by atoms with Crippen LogP contribution in [0.15, 0.2) is 18.5 Å². The molecule has 1 saturated heterocycles. The maximum atomic E-state index is 11.7. The molecule has 3 heterocycles. The first kappa shape index (κ1) is 8.85. The number of hydrogen-bond donors (Lipinski definition) is 1. The molecule has 15 heavy (non-hydrogen) atoms. The highest BCUT2D eigenvalue weighted by molar-refractivity contribution is 5.94. The number of nitrogens with zero attached hydrogens (tertiary/aromatic N) is 1. The van der Waals surface area contributed by atoms with Gasteiger partial charge in [0.1, 0.15) is 5.60 Å². The van der Waals surface area contributed by atoms with Crippen LogP contribution in [0.3, 0.4) is 0 Å². The molecule has 1 N–H and O–H groups in total. The van der Waals surface area contributed by atoms with Gasteiger partial charge in [-0.2, -0.15) is 0 Å². The predicted molar refractivity (Wildman–Crippen MR) is 53.4 cm³/mol. The molecule has 1 fully saturated rings. The largest absolute Gasteiger partial charge is 0.450 e. The van der Waals surface area contributed by atoms with E-state index in [1.807, 2.05) is 6.07 Å². The summed E-state index contributed by atoms with van der Waals surface area (Å²) < 4.78 is 5.54. The minimum absolute atomic E-state index is 0.222. The molecule has 78 valence electrons. The molecule has 0 aliphatic carbocycles. The zero-order valence-corrected chi connectivity index (χ0v) is 8.32. The van der Waals surface area contributed by atoms with Gasteiger partial charge in [0.25, 0.3) is 0 Å². The maximum Gasteiger partial charge on any atom is 0.341 e. The molecule has 0 bridgehead atoms. The minimum atomic E-state index is -0.374. The summed E-state index contributed by atoms with van der Waals surface area (Å²) in [7, 11) is 0. The fourth-order valence-electron chi connectivity index (χ4n) is 2.44. The molecule has 0 atom stereocenters. The summed E-state index contributed by atoms with van der Waals surface area (Å²) in [6, 6.07) is 1.91. The van der Waals surface area contributed by atoms with Crippen molar-refractivity contribution in [3.05, 3.63) is 29.6 Å². The average Bonchev–Trinajstić information content (AvgIpc) is 2.55. The van der Waals surface area contributed by atoms with E-state index in [9.17, 15) is 4.79 Å². The molecule has 1 aromatic heterocycles. The number of carbonyl (C=O) groups excluding carboxylic acids is 1. The number of carbonyl (C=O) groups is 1. The van der Waals surface area contributed by atoms with Gasteiger partial charge in [-0.15, -0.1) is 0 Å². The Morgan fingerprint density at radius 3 is 3.00 bits per heavy atom. The van der Waals surface area contributed by atoms with Gasteiger partial charge in [0.05, 0.1) is 5.56 Å². The van der Waals surface area contributed by atoms with Crippen LogP contribution < -0.4 is 5.32 Å². The number of esters is 1. The molecule has 4 nitrogen and oxygen atoms in total. The Labute approximate surface area is 87.7 Å². The number of fused-ring (bicyclic) bond motifs is 2. The van der Waals surface area contributed by atoms with Crippen molar-refractivity contribution >= 4 is 5.97 Å². The van der Waals surface area contributed by atoms with Crippen molar-refractivity contribution in [1.82, 2.24) is 10.3 Å². The fourth-order valence-corrected chi connectivity index (χ4v) is 2.44. The predicted octanol–water partition coefficient (Wildman–Crippen LogP) is 0.831. The third-order valence-electron chi connectivity index (χ3n) is 3.23. The quantitative estimate of drug-likeness (QED) is 0.636. The molecule has 0 aromatic carbocycles. The van der Waals surface area contributed by atoms with Crippen LogP contribution in [0, 0.1) is 0 Å². The van der Waals surface area contributed by atoms with Crippen LogP contribution in [-0.4, -0.2) is 24.0 Å². The van der Waals surface area contributed by atoms with Gasteiger partial charge in [0, 0.05) is 30.8 Å². The molecule has 2 aliphatic rings. The summed E-state index contributed by atoms with van der Waals surface area (Å²) in [5, 5.41) is 3.27. The number of rotatable bonds is 0. The SMILES string of the molecule is O=C1OC2(CCNCC2)c2ccncc21. The number of hydrogen-bond acceptors (Lipinski definition) is 4. The van der Waals surface area contributed by atoms with Crippen molar-refractivity contribution in [2.24, 2.45) is 0 Å². The molecule has 4 heteroatoms. The van der Waals surface area contributed by atoms with Crippen molar-refractivity contribution in [3.63, 3.8) is 0 Å². The second-order valence-electron chi connectivity index (χ2n) is 4.06. The third-order valence-corrected chi connectivity index (χ3v) is 3.23. The lowest BCUT2D eigenvalue weighted by Crippen LogP contribution is -2.39. The highest BCUT2D eigenvalue weighted by Crippen LogP contribution is 2.42. The third kappa shape index (κ3) is 1.18. The number of ether oxygens (including phenoxy) is 1. The topological polar surface area (TPSA) is 51.2 Å². The van der Waals surface area contributed by atoms with Crippen LogP contribution in [0.2, 0.25) is 0 Å². The van der Waals surface area contributed by atoms with E-state index in [0.717, 1.165) is 31.5 Å². The van der Waals surface area contributed by atoms with Crippen molar-refractivity contribution in [2.45, 2.75) is 18.4 Å². The van der Waals surface area contributed by atoms with Crippen LogP contribution in [-0.2, 0) is 10.3 Å². The van der Waals surface area contributed by atoms with Gasteiger partial charge in [-0.25, -0.2) is 4.79 Å². The monoisotopic (exact) mass is 204 g/mol. The van der Waals surface area contributed by atoms with Gasteiger partial charge in [-0.3, -0.25) is 4.98 Å². The smallest absolute Gasteiger partial charge is 0.341 e. The highest BCUT2D eigenvalue weighted by atomic mass is 16.6. The normalized spacial score (nSPS) is 22.5. The zero-order valence-electron chi connectivity index (χ0n) is 8.32. The van der Waals surface area contributed by atoms with Crippen molar-refractivity contribution in [3.8, 4) is 0 Å². The van der Waals surface area contributed by atoms with E-state index >= 15 is 0 Å². The summed E-state index contributed by atoms with van der Waals surface area (Å²) >= 11 is 0. The first-order chi connectivity index (χ1) is 7.32. The lowest BCUT2D eigenvalue weighted by Gasteiger charge is -2.32. The number of aromatic nitrogens is 1. The average molecular weight is 204 g/mol. The molecule has 0 radical (unpaired) electrons. The summed E-state index contributed by atoms with van der Waals surface area (Å²) in [6.07, 6.45) is 5.05. The molecule has 0 amide bonds. The molecule has 1 aromatic rings. The van der Waals surface area contributed by atoms with Crippen LogP contribution >= 0.6 is 0 Å². The Morgan fingerprint density at radius 1 is 1.40 bits per heavy atom. The summed E-state index contributed by atoms with van der Waals surface area (Å²) in [5.41, 5.74) is 1.28. The Morgan fingerprint density at radius 2 is 2.20 bits per heavy atom.